The molecule has 0 aromatic heterocycles. The molecule has 0 unspecified atom stereocenters. The molecule has 0 saturated carbocycles. The first-order valence-electron chi connectivity index (χ1n) is 9.80. The van der Waals surface area contributed by atoms with Gasteiger partial charge in [0.15, 0.2) is 0 Å². The third kappa shape index (κ3) is 2.28. The lowest BCUT2D eigenvalue weighted by molar-refractivity contribution is -0.111. The maximum atomic E-state index is 12.8. The molecule has 0 spiro atoms. The van der Waals surface area contributed by atoms with Crippen molar-refractivity contribution in [1.29, 1.82) is 0 Å². The molecule has 0 fully saturated rings. The number of hydrogen-bond acceptors (Lipinski definition) is 2. The van der Waals surface area contributed by atoms with E-state index < -0.39 is 0 Å². The molecule has 4 nitrogen and oxygen atoms in total. The normalized spacial score (nSPS) is 14.5. The van der Waals surface area contributed by atoms with Crippen molar-refractivity contribution in [2.75, 3.05) is 10.6 Å². The first kappa shape index (κ1) is 16.7. The van der Waals surface area contributed by atoms with Crippen LogP contribution in [0, 0.1) is 0 Å². The molecule has 0 bridgehead atoms. The van der Waals surface area contributed by atoms with E-state index in [1.165, 1.54) is 0 Å². The largest absolute Gasteiger partial charge is 0.321 e. The molecular weight excluding hydrogens is 372 g/mol. The van der Waals surface area contributed by atoms with Crippen LogP contribution in [0.1, 0.15) is 11.1 Å². The topological polar surface area (TPSA) is 58.2 Å². The van der Waals surface area contributed by atoms with Crippen LogP contribution in [0.5, 0.6) is 0 Å². The maximum Gasteiger partial charge on any atom is 0.256 e. The molecule has 0 radical (unpaired) electrons. The van der Waals surface area contributed by atoms with Crippen LogP contribution in [0.15, 0.2) is 84.9 Å². The molecular formula is C26H16N2O2. The molecule has 2 N–H and O–H groups in total. The molecule has 2 aliphatic rings. The van der Waals surface area contributed by atoms with Crippen LogP contribution < -0.4 is 21.1 Å². The summed E-state index contributed by atoms with van der Waals surface area (Å²) in [6.07, 6.45) is 0. The highest BCUT2D eigenvalue weighted by molar-refractivity contribution is 6.33. The SMILES string of the molecule is O=C1Nc2c(ccc3c4c(ccc23)=C(c2ccccc2)C(=O)N4)=C1c1ccccc1. The summed E-state index contributed by atoms with van der Waals surface area (Å²) in [7, 11) is 0. The van der Waals surface area contributed by atoms with E-state index in [9.17, 15) is 9.59 Å². The van der Waals surface area contributed by atoms with E-state index in [1.807, 2.05) is 84.9 Å². The number of amides is 2. The number of nitrogens with one attached hydrogen (secondary N) is 2. The number of benzene rings is 4. The summed E-state index contributed by atoms with van der Waals surface area (Å²) in [6.45, 7) is 0. The standard InChI is InChI=1S/C26H16N2O2/c29-25-21(15-7-3-1-4-8-15)19-13-11-18-17(23(19)27-25)12-14-20-22(26(30)28-24(18)20)16-9-5-2-6-10-16/h1-14H,(H,27,29)(H,28,30). The zero-order valence-corrected chi connectivity index (χ0v) is 15.9. The summed E-state index contributed by atoms with van der Waals surface area (Å²) in [5, 5.41) is 9.68. The van der Waals surface area contributed by atoms with Gasteiger partial charge in [0.2, 0.25) is 0 Å². The summed E-state index contributed by atoms with van der Waals surface area (Å²) in [5.74, 6) is -0.213. The van der Waals surface area contributed by atoms with Crippen LogP contribution in [0.3, 0.4) is 0 Å². The Labute approximate surface area is 172 Å². The average Bonchev–Trinajstić information content (AvgIpc) is 3.30. The molecule has 6 rings (SSSR count). The lowest BCUT2D eigenvalue weighted by atomic mass is 9.99. The molecule has 4 aromatic carbocycles. The minimum absolute atomic E-state index is 0.107. The Morgan fingerprint density at radius 3 is 1.27 bits per heavy atom. The molecule has 30 heavy (non-hydrogen) atoms. The van der Waals surface area contributed by atoms with Crippen molar-refractivity contribution in [2.24, 2.45) is 0 Å². The van der Waals surface area contributed by atoms with E-state index in [-0.39, 0.29) is 11.8 Å². The second-order valence-electron chi connectivity index (χ2n) is 7.46. The van der Waals surface area contributed by atoms with Gasteiger partial charge in [0.05, 0.1) is 22.5 Å². The van der Waals surface area contributed by atoms with E-state index in [0.717, 1.165) is 43.7 Å². The molecule has 2 heterocycles. The van der Waals surface area contributed by atoms with Crippen LogP contribution in [-0.2, 0) is 9.59 Å². The van der Waals surface area contributed by atoms with Gasteiger partial charge in [-0.25, -0.2) is 0 Å². The minimum Gasteiger partial charge on any atom is -0.321 e. The van der Waals surface area contributed by atoms with Crippen LogP contribution in [-0.4, -0.2) is 11.8 Å². The van der Waals surface area contributed by atoms with Crippen LogP contribution in [0.2, 0.25) is 0 Å². The van der Waals surface area contributed by atoms with Crippen molar-refractivity contribution in [3.8, 4) is 0 Å². The number of rotatable bonds is 2. The Morgan fingerprint density at radius 2 is 0.867 bits per heavy atom. The Kier molecular flexibility index (Phi) is 3.44. The van der Waals surface area contributed by atoms with Gasteiger partial charge in [-0.15, -0.1) is 0 Å². The molecule has 4 aromatic rings. The molecule has 2 amide bonds. The van der Waals surface area contributed by atoms with Crippen molar-refractivity contribution >= 4 is 45.1 Å². The first-order valence-corrected chi connectivity index (χ1v) is 9.80. The zero-order valence-electron chi connectivity index (χ0n) is 15.9. The highest BCUT2D eigenvalue weighted by Crippen LogP contribution is 2.32. The van der Waals surface area contributed by atoms with Gasteiger partial charge in [0, 0.05) is 21.2 Å². The predicted octanol–water partition coefficient (Wildman–Crippen LogP) is 3.14. The highest BCUT2D eigenvalue weighted by Gasteiger charge is 2.27. The molecule has 0 aliphatic carbocycles. The summed E-state index contributed by atoms with van der Waals surface area (Å²) in [5.41, 5.74) is 4.72. The summed E-state index contributed by atoms with van der Waals surface area (Å²) in [6, 6.07) is 27.3. The maximum absolute atomic E-state index is 12.8. The molecule has 0 atom stereocenters. The number of carbonyl (C=O) groups excluding carboxylic acids is 2. The first-order chi connectivity index (χ1) is 14.7. The van der Waals surface area contributed by atoms with E-state index in [0.29, 0.717) is 11.1 Å². The second kappa shape index (κ2) is 6.16. The van der Waals surface area contributed by atoms with Gasteiger partial charge in [-0.2, -0.15) is 0 Å². The lowest BCUT2D eigenvalue weighted by Gasteiger charge is -2.07. The van der Waals surface area contributed by atoms with Crippen LogP contribution in [0.4, 0.5) is 11.4 Å². The second-order valence-corrected chi connectivity index (χ2v) is 7.46. The van der Waals surface area contributed by atoms with Crippen molar-refractivity contribution < 1.29 is 9.59 Å². The van der Waals surface area contributed by atoms with Gasteiger partial charge < -0.3 is 10.6 Å². The van der Waals surface area contributed by atoms with Crippen molar-refractivity contribution in [2.45, 2.75) is 0 Å². The molecule has 4 heteroatoms. The van der Waals surface area contributed by atoms with Crippen molar-refractivity contribution in [3.63, 3.8) is 0 Å². The van der Waals surface area contributed by atoms with E-state index in [1.54, 1.807) is 0 Å². The highest BCUT2D eigenvalue weighted by atomic mass is 16.2. The van der Waals surface area contributed by atoms with Crippen molar-refractivity contribution in [1.82, 2.24) is 0 Å². The number of hydrogen-bond donors (Lipinski definition) is 2. The van der Waals surface area contributed by atoms with Gasteiger partial charge in [-0.05, 0) is 11.1 Å². The number of anilines is 2. The molecule has 0 saturated heterocycles. The van der Waals surface area contributed by atoms with E-state index in [2.05, 4.69) is 10.6 Å². The van der Waals surface area contributed by atoms with Gasteiger partial charge in [-0.3, -0.25) is 9.59 Å². The lowest BCUT2D eigenvalue weighted by Crippen LogP contribution is -2.08. The fourth-order valence-electron chi connectivity index (χ4n) is 4.47. The third-order valence-corrected chi connectivity index (χ3v) is 5.80. The minimum atomic E-state index is -0.107. The van der Waals surface area contributed by atoms with Gasteiger partial charge in [-0.1, -0.05) is 84.9 Å². The Morgan fingerprint density at radius 1 is 0.467 bits per heavy atom. The van der Waals surface area contributed by atoms with Crippen molar-refractivity contribution in [3.05, 3.63) is 106 Å². The predicted molar refractivity (Wildman–Crippen MR) is 118 cm³/mol. The summed E-state index contributed by atoms with van der Waals surface area (Å²) < 4.78 is 0. The van der Waals surface area contributed by atoms with Gasteiger partial charge >= 0.3 is 0 Å². The summed E-state index contributed by atoms with van der Waals surface area (Å²) >= 11 is 0. The number of fused-ring (bicyclic) bond motifs is 5. The van der Waals surface area contributed by atoms with Crippen LogP contribution >= 0.6 is 0 Å². The summed E-state index contributed by atoms with van der Waals surface area (Å²) in [4.78, 5) is 25.6. The Hall–Kier alpha value is -4.18. The molecule has 142 valence electrons. The third-order valence-electron chi connectivity index (χ3n) is 5.80. The molecule has 2 aliphatic heterocycles. The van der Waals surface area contributed by atoms with E-state index >= 15 is 0 Å². The Bertz CT molecular complexity index is 1390. The number of carbonyl (C=O) groups is 2. The Balaban J connectivity index is 1.65. The van der Waals surface area contributed by atoms with Gasteiger partial charge in [0.25, 0.3) is 11.8 Å². The van der Waals surface area contributed by atoms with E-state index in [4.69, 9.17) is 0 Å². The average molecular weight is 388 g/mol. The fourth-order valence-corrected chi connectivity index (χ4v) is 4.47. The van der Waals surface area contributed by atoms with Gasteiger partial charge in [0.1, 0.15) is 0 Å². The van der Waals surface area contributed by atoms with Crippen LogP contribution in [0.25, 0.3) is 21.9 Å². The monoisotopic (exact) mass is 388 g/mol. The zero-order chi connectivity index (χ0) is 20.2. The quantitative estimate of drug-likeness (QED) is 0.554. The smallest absolute Gasteiger partial charge is 0.256 e. The fraction of sp³-hybridized carbons (Fsp3) is 0.